The Labute approximate surface area is 235 Å². The molecule has 0 aliphatic carbocycles. The van der Waals surface area contributed by atoms with E-state index in [1.54, 1.807) is 6.07 Å². The Hall–Kier alpha value is -4.70. The van der Waals surface area contributed by atoms with E-state index < -0.39 is 0 Å². The summed E-state index contributed by atoms with van der Waals surface area (Å²) in [5, 5.41) is 11.0. The summed E-state index contributed by atoms with van der Waals surface area (Å²) in [6, 6.07) is 36.7. The highest BCUT2D eigenvalue weighted by atomic mass is 16.3. The number of phenols is 1. The number of nitrogens with zero attached hydrogens (tertiary/aromatic N) is 3. The molecule has 4 aromatic carbocycles. The molecule has 2 heterocycles. The Balaban J connectivity index is 1.69. The van der Waals surface area contributed by atoms with Gasteiger partial charge in [0.1, 0.15) is 11.6 Å². The van der Waals surface area contributed by atoms with Crippen molar-refractivity contribution in [3.05, 3.63) is 120 Å². The van der Waals surface area contributed by atoms with E-state index in [1.807, 2.05) is 48.5 Å². The molecule has 1 N–H and O–H groups in total. The lowest BCUT2D eigenvalue weighted by atomic mass is 9.92. The first-order valence-corrected chi connectivity index (χ1v) is 13.9. The SMILES string of the molecule is CC(C)c1cccc(C(C)C)c1-n1c(-c2ccccc2O)nc2c(-c3cccc(-c4ccccc4)n3)cccc21. The molecule has 0 fully saturated rings. The van der Waals surface area contributed by atoms with E-state index in [1.165, 1.54) is 11.1 Å². The predicted octanol–water partition coefficient (Wildman–Crippen LogP) is 9.37. The summed E-state index contributed by atoms with van der Waals surface area (Å²) in [7, 11) is 0. The predicted molar refractivity (Wildman–Crippen MR) is 165 cm³/mol. The molecule has 0 radical (unpaired) electrons. The van der Waals surface area contributed by atoms with Crippen LogP contribution in [0.1, 0.15) is 50.7 Å². The van der Waals surface area contributed by atoms with Crippen molar-refractivity contribution >= 4 is 11.0 Å². The van der Waals surface area contributed by atoms with Crippen LogP contribution in [0.2, 0.25) is 0 Å². The molecule has 0 aliphatic rings. The number of aromatic hydroxyl groups is 1. The summed E-state index contributed by atoms with van der Waals surface area (Å²) in [5.74, 6) is 1.53. The largest absolute Gasteiger partial charge is 0.507 e. The lowest BCUT2D eigenvalue weighted by molar-refractivity contribution is 0.477. The van der Waals surface area contributed by atoms with Crippen molar-refractivity contribution in [2.45, 2.75) is 39.5 Å². The standard InChI is InChI=1S/C36H33N3O/c1-23(2)26-16-10-17-27(24(3)4)35(26)39-32-21-11-18-28(34(32)38-36(39)29-15-8-9-22-33(29)40)31-20-12-19-30(37-31)25-13-6-5-7-14-25/h5-24,40H,1-4H3. The Bertz CT molecular complexity index is 1790. The van der Waals surface area contributed by atoms with Crippen LogP contribution in [0.25, 0.3) is 50.6 Å². The first-order valence-electron chi connectivity index (χ1n) is 13.9. The van der Waals surface area contributed by atoms with Crippen molar-refractivity contribution in [1.29, 1.82) is 0 Å². The van der Waals surface area contributed by atoms with Gasteiger partial charge in [-0.15, -0.1) is 0 Å². The third kappa shape index (κ3) is 4.46. The number of benzene rings is 4. The zero-order chi connectivity index (χ0) is 27.8. The van der Waals surface area contributed by atoms with Crippen LogP contribution in [0.4, 0.5) is 0 Å². The monoisotopic (exact) mass is 523 g/mol. The second kappa shape index (κ2) is 10.5. The minimum absolute atomic E-state index is 0.206. The lowest BCUT2D eigenvalue weighted by Gasteiger charge is -2.22. The second-order valence-electron chi connectivity index (χ2n) is 10.8. The quantitative estimate of drug-likeness (QED) is 0.237. The Morgan fingerprint density at radius 3 is 1.88 bits per heavy atom. The van der Waals surface area contributed by atoms with Crippen LogP contribution in [0.15, 0.2) is 109 Å². The van der Waals surface area contributed by atoms with E-state index >= 15 is 0 Å². The fourth-order valence-electron chi connectivity index (χ4n) is 5.50. The molecule has 0 saturated carbocycles. The zero-order valence-electron chi connectivity index (χ0n) is 23.3. The van der Waals surface area contributed by atoms with E-state index in [9.17, 15) is 5.11 Å². The molecular weight excluding hydrogens is 490 g/mol. The fraction of sp³-hybridized carbons (Fsp3) is 0.167. The van der Waals surface area contributed by atoms with Gasteiger partial charge in [-0.3, -0.25) is 4.57 Å². The van der Waals surface area contributed by atoms with Gasteiger partial charge in [-0.05, 0) is 53.3 Å². The maximum Gasteiger partial charge on any atom is 0.149 e. The normalized spacial score (nSPS) is 11.6. The van der Waals surface area contributed by atoms with Crippen molar-refractivity contribution in [2.24, 2.45) is 0 Å². The van der Waals surface area contributed by atoms with Gasteiger partial charge in [0.2, 0.25) is 0 Å². The van der Waals surface area contributed by atoms with Gasteiger partial charge in [-0.1, -0.05) is 107 Å². The van der Waals surface area contributed by atoms with Gasteiger partial charge < -0.3 is 5.11 Å². The third-order valence-electron chi connectivity index (χ3n) is 7.49. The third-order valence-corrected chi connectivity index (χ3v) is 7.49. The average Bonchev–Trinajstić information content (AvgIpc) is 3.36. The number of pyridine rings is 1. The summed E-state index contributed by atoms with van der Waals surface area (Å²) in [6.45, 7) is 8.91. The van der Waals surface area contributed by atoms with Crippen LogP contribution in [-0.2, 0) is 0 Å². The highest BCUT2D eigenvalue weighted by molar-refractivity contribution is 5.95. The molecule has 198 valence electrons. The summed E-state index contributed by atoms with van der Waals surface area (Å²) in [6.07, 6.45) is 0. The molecule has 40 heavy (non-hydrogen) atoms. The van der Waals surface area contributed by atoms with Gasteiger partial charge in [0.05, 0.1) is 33.7 Å². The second-order valence-corrected chi connectivity index (χ2v) is 10.8. The molecule has 4 heteroatoms. The van der Waals surface area contributed by atoms with Crippen LogP contribution in [0.3, 0.4) is 0 Å². The lowest BCUT2D eigenvalue weighted by Crippen LogP contribution is -2.08. The smallest absolute Gasteiger partial charge is 0.149 e. The Kier molecular flexibility index (Phi) is 6.69. The van der Waals surface area contributed by atoms with E-state index in [0.29, 0.717) is 17.4 Å². The van der Waals surface area contributed by atoms with Gasteiger partial charge in [0, 0.05) is 11.1 Å². The number of phenolic OH excluding ortho intramolecular Hbond substituents is 1. The molecular formula is C36H33N3O. The summed E-state index contributed by atoms with van der Waals surface area (Å²) in [4.78, 5) is 10.3. The maximum atomic E-state index is 11.0. The van der Waals surface area contributed by atoms with E-state index in [0.717, 1.165) is 45.1 Å². The minimum atomic E-state index is 0.206. The van der Waals surface area contributed by atoms with Crippen molar-refractivity contribution in [3.8, 4) is 45.3 Å². The number of hydrogen-bond acceptors (Lipinski definition) is 3. The minimum Gasteiger partial charge on any atom is -0.507 e. The van der Waals surface area contributed by atoms with Gasteiger partial charge in [-0.25, -0.2) is 9.97 Å². The molecule has 0 saturated heterocycles. The average molecular weight is 524 g/mol. The van der Waals surface area contributed by atoms with Gasteiger partial charge in [0.15, 0.2) is 0 Å². The highest BCUT2D eigenvalue weighted by Crippen LogP contribution is 2.41. The van der Waals surface area contributed by atoms with Crippen LogP contribution < -0.4 is 0 Å². The van der Waals surface area contributed by atoms with E-state index in [-0.39, 0.29) is 5.75 Å². The number of rotatable bonds is 6. The molecule has 6 rings (SSSR count). The van der Waals surface area contributed by atoms with Crippen molar-refractivity contribution in [1.82, 2.24) is 14.5 Å². The molecule has 0 spiro atoms. The molecule has 4 nitrogen and oxygen atoms in total. The van der Waals surface area contributed by atoms with Crippen LogP contribution in [0.5, 0.6) is 5.75 Å². The van der Waals surface area contributed by atoms with Gasteiger partial charge in [0.25, 0.3) is 0 Å². The van der Waals surface area contributed by atoms with Crippen molar-refractivity contribution in [2.75, 3.05) is 0 Å². The molecule has 0 unspecified atom stereocenters. The summed E-state index contributed by atoms with van der Waals surface area (Å²) < 4.78 is 2.25. The number of para-hydroxylation sites is 3. The van der Waals surface area contributed by atoms with Gasteiger partial charge in [-0.2, -0.15) is 0 Å². The van der Waals surface area contributed by atoms with Crippen molar-refractivity contribution < 1.29 is 5.11 Å². The van der Waals surface area contributed by atoms with E-state index in [4.69, 9.17) is 9.97 Å². The van der Waals surface area contributed by atoms with Crippen LogP contribution in [0, 0.1) is 0 Å². The van der Waals surface area contributed by atoms with Crippen LogP contribution in [-0.4, -0.2) is 19.6 Å². The maximum absolute atomic E-state index is 11.0. The van der Waals surface area contributed by atoms with Gasteiger partial charge >= 0.3 is 0 Å². The van der Waals surface area contributed by atoms with Crippen LogP contribution >= 0.6 is 0 Å². The molecule has 0 amide bonds. The number of hydrogen-bond donors (Lipinski definition) is 1. The summed E-state index contributed by atoms with van der Waals surface area (Å²) >= 11 is 0. The number of imidazole rings is 1. The first-order chi connectivity index (χ1) is 19.4. The zero-order valence-corrected chi connectivity index (χ0v) is 23.3. The number of fused-ring (bicyclic) bond motifs is 1. The Morgan fingerprint density at radius 2 is 1.18 bits per heavy atom. The van der Waals surface area contributed by atoms with Crippen molar-refractivity contribution in [3.63, 3.8) is 0 Å². The molecule has 0 bridgehead atoms. The molecule has 6 aromatic rings. The fourth-order valence-corrected chi connectivity index (χ4v) is 5.50. The summed E-state index contributed by atoms with van der Waals surface area (Å²) in [5.41, 5.74) is 9.98. The number of aromatic nitrogens is 3. The molecule has 2 aromatic heterocycles. The molecule has 0 atom stereocenters. The first kappa shape index (κ1) is 25.6. The topological polar surface area (TPSA) is 50.9 Å². The molecule has 0 aliphatic heterocycles. The van der Waals surface area contributed by atoms with E-state index in [2.05, 4.69) is 86.9 Å². The Morgan fingerprint density at radius 1 is 0.575 bits per heavy atom. The highest BCUT2D eigenvalue weighted by Gasteiger charge is 2.24.